The van der Waals surface area contributed by atoms with Gasteiger partial charge in [0.25, 0.3) is 0 Å². The molecule has 0 bridgehead atoms. The highest BCUT2D eigenvalue weighted by molar-refractivity contribution is 5.91. The lowest BCUT2D eigenvalue weighted by atomic mass is 10.2. The van der Waals surface area contributed by atoms with E-state index in [1.54, 1.807) is 24.7 Å². The van der Waals surface area contributed by atoms with Gasteiger partial charge in [-0.25, -0.2) is 9.97 Å². The van der Waals surface area contributed by atoms with Crippen molar-refractivity contribution in [3.63, 3.8) is 0 Å². The summed E-state index contributed by atoms with van der Waals surface area (Å²) in [6.45, 7) is 0. The molecule has 0 atom stereocenters. The first-order chi connectivity index (χ1) is 7.34. The molecule has 3 aromatic heterocycles. The first-order valence-electron chi connectivity index (χ1n) is 4.37. The highest BCUT2D eigenvalue weighted by Gasteiger charge is 2.11. The minimum Gasteiger partial charge on any atom is -0.463 e. The number of oxazole rings is 1. The first kappa shape index (κ1) is 8.05. The summed E-state index contributed by atoms with van der Waals surface area (Å²) in [6, 6.07) is 1.67. The number of rotatable bonds is 1. The third-order valence-corrected chi connectivity index (χ3v) is 2.14. The van der Waals surface area contributed by atoms with Crippen molar-refractivity contribution >= 4 is 16.8 Å². The molecular formula is C10H7N3O2. The lowest BCUT2D eigenvalue weighted by molar-refractivity contribution is 0.569. The maximum Gasteiger partial charge on any atom is 0.229 e. The van der Waals surface area contributed by atoms with Crippen molar-refractivity contribution in [1.82, 2.24) is 9.97 Å². The second-order valence-electron chi connectivity index (χ2n) is 3.09. The molecule has 5 nitrogen and oxygen atoms in total. The number of hydrogen-bond donors (Lipinski definition) is 1. The summed E-state index contributed by atoms with van der Waals surface area (Å²) in [5, 5.41) is 0.839. The zero-order valence-electron chi connectivity index (χ0n) is 7.68. The van der Waals surface area contributed by atoms with E-state index in [0.717, 1.165) is 10.9 Å². The summed E-state index contributed by atoms with van der Waals surface area (Å²) in [5.41, 5.74) is 7.00. The summed E-state index contributed by atoms with van der Waals surface area (Å²) in [4.78, 5) is 8.04. The van der Waals surface area contributed by atoms with E-state index in [-0.39, 0.29) is 0 Å². The molecule has 74 valence electrons. The van der Waals surface area contributed by atoms with E-state index in [1.807, 2.05) is 0 Å². The molecule has 0 aliphatic heterocycles. The molecule has 0 aliphatic rings. The number of fused-ring (bicyclic) bond motifs is 1. The number of hydrogen-bond acceptors (Lipinski definition) is 5. The van der Waals surface area contributed by atoms with Crippen LogP contribution in [0.3, 0.4) is 0 Å². The third-order valence-electron chi connectivity index (χ3n) is 2.14. The van der Waals surface area contributed by atoms with Crippen LogP contribution in [0.1, 0.15) is 0 Å². The van der Waals surface area contributed by atoms with Gasteiger partial charge in [-0.1, -0.05) is 0 Å². The molecule has 3 heterocycles. The van der Waals surface area contributed by atoms with Crippen molar-refractivity contribution in [2.75, 3.05) is 5.73 Å². The van der Waals surface area contributed by atoms with Crippen LogP contribution in [0.15, 0.2) is 39.8 Å². The van der Waals surface area contributed by atoms with Crippen LogP contribution in [-0.4, -0.2) is 9.97 Å². The van der Waals surface area contributed by atoms with E-state index < -0.39 is 0 Å². The molecule has 5 heteroatoms. The predicted molar refractivity (Wildman–Crippen MR) is 53.9 cm³/mol. The SMILES string of the molecule is Nc1cc2occ(-c3ncco3)c2cn1. The summed E-state index contributed by atoms with van der Waals surface area (Å²) in [5.74, 6) is 0.941. The average Bonchev–Trinajstić information content (AvgIpc) is 2.82. The van der Waals surface area contributed by atoms with Crippen LogP contribution in [0.2, 0.25) is 0 Å². The average molecular weight is 201 g/mol. The Hall–Kier alpha value is -2.30. The summed E-state index contributed by atoms with van der Waals surface area (Å²) in [6.07, 6.45) is 6.32. The fourth-order valence-corrected chi connectivity index (χ4v) is 1.46. The van der Waals surface area contributed by atoms with Gasteiger partial charge in [-0.3, -0.25) is 0 Å². The highest BCUT2D eigenvalue weighted by Crippen LogP contribution is 2.29. The van der Waals surface area contributed by atoms with Crippen LogP contribution < -0.4 is 5.73 Å². The van der Waals surface area contributed by atoms with Gasteiger partial charge in [-0.2, -0.15) is 0 Å². The van der Waals surface area contributed by atoms with Gasteiger partial charge in [0.05, 0.1) is 17.1 Å². The largest absolute Gasteiger partial charge is 0.463 e. The van der Waals surface area contributed by atoms with Gasteiger partial charge in [0.2, 0.25) is 5.89 Å². The van der Waals surface area contributed by atoms with Gasteiger partial charge < -0.3 is 14.6 Å². The minimum atomic E-state index is 0.427. The molecule has 0 aliphatic carbocycles. The van der Waals surface area contributed by atoms with Crippen LogP contribution >= 0.6 is 0 Å². The van der Waals surface area contributed by atoms with Gasteiger partial charge in [-0.15, -0.1) is 0 Å². The van der Waals surface area contributed by atoms with E-state index in [2.05, 4.69) is 9.97 Å². The maximum atomic E-state index is 5.54. The maximum absolute atomic E-state index is 5.54. The normalized spacial score (nSPS) is 10.9. The van der Waals surface area contributed by atoms with Crippen LogP contribution in [0, 0.1) is 0 Å². The van der Waals surface area contributed by atoms with E-state index in [0.29, 0.717) is 17.3 Å². The highest BCUT2D eigenvalue weighted by atomic mass is 16.3. The fraction of sp³-hybridized carbons (Fsp3) is 0. The van der Waals surface area contributed by atoms with Crippen molar-refractivity contribution in [2.45, 2.75) is 0 Å². The Morgan fingerprint density at radius 3 is 2.93 bits per heavy atom. The van der Waals surface area contributed by atoms with E-state index in [9.17, 15) is 0 Å². The van der Waals surface area contributed by atoms with Gasteiger partial charge in [-0.05, 0) is 0 Å². The summed E-state index contributed by atoms with van der Waals surface area (Å²) in [7, 11) is 0. The van der Waals surface area contributed by atoms with Crippen LogP contribution in [0.5, 0.6) is 0 Å². The molecule has 15 heavy (non-hydrogen) atoms. The number of furan rings is 1. The van der Waals surface area contributed by atoms with Crippen molar-refractivity contribution in [3.05, 3.63) is 31.0 Å². The standard InChI is InChI=1S/C10H7N3O2/c11-9-3-8-6(4-13-9)7(5-15-8)10-12-1-2-14-10/h1-5H,(H2,11,13). The molecule has 3 aromatic rings. The van der Waals surface area contributed by atoms with E-state index in [4.69, 9.17) is 14.6 Å². The van der Waals surface area contributed by atoms with Gasteiger partial charge in [0, 0.05) is 12.3 Å². The van der Waals surface area contributed by atoms with E-state index in [1.165, 1.54) is 6.26 Å². The zero-order valence-corrected chi connectivity index (χ0v) is 7.68. The van der Waals surface area contributed by atoms with Gasteiger partial charge in [0.15, 0.2) is 0 Å². The van der Waals surface area contributed by atoms with Crippen molar-refractivity contribution < 1.29 is 8.83 Å². The molecule has 0 unspecified atom stereocenters. The Bertz CT molecular complexity index is 598. The van der Waals surface area contributed by atoms with Crippen LogP contribution in [0.25, 0.3) is 22.4 Å². The lowest BCUT2D eigenvalue weighted by Gasteiger charge is -1.92. The Labute approximate surface area is 84.5 Å². The molecule has 0 saturated heterocycles. The smallest absolute Gasteiger partial charge is 0.229 e. The molecule has 0 spiro atoms. The molecule has 0 aromatic carbocycles. The van der Waals surface area contributed by atoms with Gasteiger partial charge in [0.1, 0.15) is 23.9 Å². The number of nitrogens with zero attached hydrogens (tertiary/aromatic N) is 2. The first-order valence-corrected chi connectivity index (χ1v) is 4.37. The molecule has 0 amide bonds. The predicted octanol–water partition coefficient (Wildman–Crippen LogP) is 2.06. The number of nitrogen functional groups attached to an aromatic ring is 1. The second-order valence-corrected chi connectivity index (χ2v) is 3.09. The summed E-state index contributed by atoms with van der Waals surface area (Å²) >= 11 is 0. The number of anilines is 1. The number of nitrogens with two attached hydrogens (primary N) is 1. The zero-order chi connectivity index (χ0) is 10.3. The number of pyridine rings is 1. The van der Waals surface area contributed by atoms with Crippen molar-refractivity contribution in [1.29, 1.82) is 0 Å². The number of aromatic nitrogens is 2. The van der Waals surface area contributed by atoms with Gasteiger partial charge >= 0.3 is 0 Å². The van der Waals surface area contributed by atoms with Crippen molar-refractivity contribution in [3.8, 4) is 11.5 Å². The molecule has 0 radical (unpaired) electrons. The monoisotopic (exact) mass is 201 g/mol. The fourth-order valence-electron chi connectivity index (χ4n) is 1.46. The third kappa shape index (κ3) is 1.17. The van der Waals surface area contributed by atoms with Crippen LogP contribution in [-0.2, 0) is 0 Å². The molecule has 2 N–H and O–H groups in total. The Balaban J connectivity index is 2.29. The van der Waals surface area contributed by atoms with Crippen molar-refractivity contribution in [2.24, 2.45) is 0 Å². The molecule has 0 saturated carbocycles. The minimum absolute atomic E-state index is 0.427. The molecule has 3 rings (SSSR count). The van der Waals surface area contributed by atoms with E-state index >= 15 is 0 Å². The Morgan fingerprint density at radius 2 is 2.13 bits per heavy atom. The Kier molecular flexibility index (Phi) is 1.53. The van der Waals surface area contributed by atoms with Crippen LogP contribution in [0.4, 0.5) is 5.82 Å². The quantitative estimate of drug-likeness (QED) is 0.651. The molecular weight excluding hydrogens is 194 g/mol. The topological polar surface area (TPSA) is 78.1 Å². The Morgan fingerprint density at radius 1 is 1.20 bits per heavy atom. The summed E-state index contributed by atoms with van der Waals surface area (Å²) < 4.78 is 10.5. The molecule has 0 fully saturated rings. The lowest BCUT2D eigenvalue weighted by Crippen LogP contribution is -1.87. The second kappa shape index (κ2) is 2.84.